The van der Waals surface area contributed by atoms with Crippen molar-refractivity contribution in [3.05, 3.63) is 88.2 Å². The van der Waals surface area contributed by atoms with Crippen LogP contribution in [-0.4, -0.2) is 41.5 Å². The van der Waals surface area contributed by atoms with Gasteiger partial charge < -0.3 is 4.74 Å². The van der Waals surface area contributed by atoms with Gasteiger partial charge in [-0.3, -0.25) is 19.6 Å². The Bertz CT molecular complexity index is 1500. The van der Waals surface area contributed by atoms with Gasteiger partial charge >= 0.3 is 0 Å². The van der Waals surface area contributed by atoms with Crippen molar-refractivity contribution >= 4 is 27.7 Å². The van der Waals surface area contributed by atoms with E-state index >= 15 is 0 Å². The molecule has 34 heavy (non-hydrogen) atoms. The fraction of sp³-hybridized carbons (Fsp3) is 0.130. The monoisotopic (exact) mass is 478 g/mol. The number of H-pyrrole nitrogens is 1. The van der Waals surface area contributed by atoms with Gasteiger partial charge in [-0.05, 0) is 50.2 Å². The summed E-state index contributed by atoms with van der Waals surface area (Å²) < 4.78 is 34.3. The zero-order valence-electron chi connectivity index (χ0n) is 18.7. The van der Waals surface area contributed by atoms with Crippen molar-refractivity contribution in [2.75, 3.05) is 11.8 Å². The number of aromatic nitrogens is 4. The number of nitrogens with one attached hydrogen (secondary N) is 2. The third kappa shape index (κ3) is 4.74. The zero-order valence-corrected chi connectivity index (χ0v) is 19.5. The number of sulfonamides is 1. The maximum absolute atomic E-state index is 12.8. The van der Waals surface area contributed by atoms with Crippen molar-refractivity contribution in [3.63, 3.8) is 0 Å². The molecule has 0 radical (unpaired) electrons. The number of aryl methyl sites for hydroxylation is 2. The number of methoxy groups -OCH3 is 1. The van der Waals surface area contributed by atoms with E-state index in [9.17, 15) is 13.2 Å². The van der Waals surface area contributed by atoms with Crippen LogP contribution >= 0.6 is 0 Å². The Balaban J connectivity index is 1.55. The summed E-state index contributed by atoms with van der Waals surface area (Å²) in [6, 6.07) is 13.5. The molecule has 2 N–H and O–H groups in total. The van der Waals surface area contributed by atoms with Gasteiger partial charge in [0.25, 0.3) is 15.6 Å². The Morgan fingerprint density at radius 3 is 2.47 bits per heavy atom. The molecule has 0 saturated heterocycles. The van der Waals surface area contributed by atoms with E-state index in [-0.39, 0.29) is 22.0 Å². The van der Waals surface area contributed by atoms with Crippen molar-refractivity contribution in [2.24, 2.45) is 4.99 Å². The predicted molar refractivity (Wildman–Crippen MR) is 129 cm³/mol. The van der Waals surface area contributed by atoms with Gasteiger partial charge in [-0.25, -0.2) is 23.1 Å². The number of anilines is 1. The smallest absolute Gasteiger partial charge is 0.280 e. The molecule has 0 amide bonds. The quantitative estimate of drug-likeness (QED) is 0.392. The van der Waals surface area contributed by atoms with Gasteiger partial charge in [0.1, 0.15) is 6.33 Å². The SMILES string of the molecule is COc1cncnc1NS(=O)(=O)c1ccc(N=Cc2c(C)[nH]n(-c3ccc(C)cc3)c2=O)cc1. The first kappa shape index (κ1) is 22.9. The maximum Gasteiger partial charge on any atom is 0.280 e. The normalized spacial score (nSPS) is 11.6. The first-order chi connectivity index (χ1) is 16.3. The molecule has 0 spiro atoms. The van der Waals surface area contributed by atoms with Gasteiger partial charge in [-0.15, -0.1) is 0 Å². The van der Waals surface area contributed by atoms with E-state index in [4.69, 9.17) is 4.74 Å². The number of nitrogens with zero attached hydrogens (tertiary/aromatic N) is 4. The third-order valence-electron chi connectivity index (χ3n) is 5.03. The molecule has 0 aliphatic carbocycles. The van der Waals surface area contributed by atoms with Crippen LogP contribution in [0.2, 0.25) is 0 Å². The minimum Gasteiger partial charge on any atom is -0.491 e. The van der Waals surface area contributed by atoms with Crippen molar-refractivity contribution < 1.29 is 13.2 Å². The highest BCUT2D eigenvalue weighted by molar-refractivity contribution is 7.92. The van der Waals surface area contributed by atoms with Gasteiger partial charge in [0, 0.05) is 11.9 Å². The topological polar surface area (TPSA) is 131 Å². The van der Waals surface area contributed by atoms with E-state index in [1.54, 1.807) is 19.1 Å². The van der Waals surface area contributed by atoms with Gasteiger partial charge in [-0.2, -0.15) is 0 Å². The average molecular weight is 479 g/mol. The van der Waals surface area contributed by atoms with Crippen LogP contribution in [0, 0.1) is 13.8 Å². The van der Waals surface area contributed by atoms with Crippen LogP contribution in [0.4, 0.5) is 11.5 Å². The van der Waals surface area contributed by atoms with E-state index in [0.717, 1.165) is 11.3 Å². The number of rotatable bonds is 7. The summed E-state index contributed by atoms with van der Waals surface area (Å²) in [7, 11) is -2.51. The summed E-state index contributed by atoms with van der Waals surface area (Å²) in [5.41, 5.74) is 3.15. The average Bonchev–Trinajstić information content (AvgIpc) is 3.11. The van der Waals surface area contributed by atoms with E-state index in [0.29, 0.717) is 16.9 Å². The standard InChI is InChI=1S/C23H22N6O4S/c1-15-4-8-18(9-5-15)29-23(30)20(16(2)27-29)12-25-17-6-10-19(11-7-17)34(31,32)28-22-21(33-3)13-24-14-26-22/h4-14,27H,1-3H3,(H,24,26,28). The molecule has 0 atom stereocenters. The second kappa shape index (κ2) is 9.32. The summed E-state index contributed by atoms with van der Waals surface area (Å²) in [4.78, 5) is 24.9. The molecular formula is C23H22N6O4S. The molecule has 0 fully saturated rings. The molecule has 4 aromatic rings. The molecule has 0 unspecified atom stereocenters. The molecule has 174 valence electrons. The lowest BCUT2D eigenvalue weighted by Gasteiger charge is -2.10. The first-order valence-corrected chi connectivity index (χ1v) is 11.7. The highest BCUT2D eigenvalue weighted by Gasteiger charge is 2.17. The summed E-state index contributed by atoms with van der Waals surface area (Å²) in [6.45, 7) is 3.76. The number of aromatic amines is 1. The highest BCUT2D eigenvalue weighted by Crippen LogP contribution is 2.24. The summed E-state index contributed by atoms with van der Waals surface area (Å²) in [5, 5.41) is 3.05. The van der Waals surface area contributed by atoms with Crippen LogP contribution in [0.3, 0.4) is 0 Å². The van der Waals surface area contributed by atoms with Crippen LogP contribution in [0.5, 0.6) is 5.75 Å². The molecule has 0 aliphatic rings. The van der Waals surface area contributed by atoms with Gasteiger partial charge in [-0.1, -0.05) is 17.7 Å². The second-order valence-electron chi connectivity index (χ2n) is 7.42. The Labute approximate surface area is 196 Å². The zero-order chi connectivity index (χ0) is 24.3. The molecule has 2 heterocycles. The van der Waals surface area contributed by atoms with Crippen LogP contribution in [0.15, 0.2) is 75.7 Å². The molecule has 0 bridgehead atoms. The molecule has 0 aliphatic heterocycles. The predicted octanol–water partition coefficient (Wildman–Crippen LogP) is 3.13. The Morgan fingerprint density at radius 1 is 1.09 bits per heavy atom. The molecule has 2 aromatic carbocycles. The van der Waals surface area contributed by atoms with Crippen LogP contribution in [0.1, 0.15) is 16.8 Å². The summed E-state index contributed by atoms with van der Waals surface area (Å²) in [5.74, 6) is 0.234. The minimum atomic E-state index is -3.90. The van der Waals surface area contributed by atoms with Gasteiger partial charge in [0.2, 0.25) is 0 Å². The number of aliphatic imine (C=N–C) groups is 1. The Hall–Kier alpha value is -4.25. The molecule has 4 rings (SSSR count). The van der Waals surface area contributed by atoms with Crippen LogP contribution in [-0.2, 0) is 10.0 Å². The lowest BCUT2D eigenvalue weighted by atomic mass is 10.2. The molecule has 11 heteroatoms. The van der Waals surface area contributed by atoms with Gasteiger partial charge in [0.15, 0.2) is 11.6 Å². The van der Waals surface area contributed by atoms with E-state index < -0.39 is 10.0 Å². The lowest BCUT2D eigenvalue weighted by molar-refractivity contribution is 0.413. The lowest BCUT2D eigenvalue weighted by Crippen LogP contribution is -2.17. The van der Waals surface area contributed by atoms with Crippen LogP contribution < -0.4 is 15.0 Å². The maximum atomic E-state index is 12.8. The Morgan fingerprint density at radius 2 is 1.79 bits per heavy atom. The van der Waals surface area contributed by atoms with Crippen molar-refractivity contribution in [3.8, 4) is 11.4 Å². The Kier molecular flexibility index (Phi) is 6.28. The second-order valence-corrected chi connectivity index (χ2v) is 9.11. The third-order valence-corrected chi connectivity index (χ3v) is 6.38. The fourth-order valence-corrected chi connectivity index (χ4v) is 4.19. The fourth-order valence-electron chi connectivity index (χ4n) is 3.17. The van der Waals surface area contributed by atoms with E-state index in [1.807, 2.05) is 31.2 Å². The number of hydrogen-bond acceptors (Lipinski definition) is 7. The number of ether oxygens (including phenoxy) is 1. The number of benzene rings is 2. The molecule has 2 aromatic heterocycles. The first-order valence-electron chi connectivity index (χ1n) is 10.2. The number of hydrogen-bond donors (Lipinski definition) is 2. The van der Waals surface area contributed by atoms with Crippen molar-refractivity contribution in [1.29, 1.82) is 0 Å². The van der Waals surface area contributed by atoms with Gasteiger partial charge in [0.05, 0.1) is 35.1 Å². The van der Waals surface area contributed by atoms with E-state index in [1.165, 1.54) is 42.7 Å². The van der Waals surface area contributed by atoms with E-state index in [2.05, 4.69) is 24.8 Å². The molecule has 10 nitrogen and oxygen atoms in total. The summed E-state index contributed by atoms with van der Waals surface area (Å²) >= 11 is 0. The van der Waals surface area contributed by atoms with Crippen LogP contribution in [0.25, 0.3) is 5.69 Å². The summed E-state index contributed by atoms with van der Waals surface area (Å²) in [6.07, 6.45) is 4.04. The molecular weight excluding hydrogens is 456 g/mol. The highest BCUT2D eigenvalue weighted by atomic mass is 32.2. The molecule has 0 saturated carbocycles. The van der Waals surface area contributed by atoms with Crippen molar-refractivity contribution in [1.82, 2.24) is 19.7 Å². The largest absolute Gasteiger partial charge is 0.491 e. The minimum absolute atomic E-state index is 0.0201. The van der Waals surface area contributed by atoms with Crippen molar-refractivity contribution in [2.45, 2.75) is 18.7 Å².